The van der Waals surface area contributed by atoms with Crippen LogP contribution in [0.5, 0.6) is 11.5 Å². The highest BCUT2D eigenvalue weighted by Gasteiger charge is 2.19. The van der Waals surface area contributed by atoms with Gasteiger partial charge in [-0.2, -0.15) is 10.4 Å². The minimum Gasteiger partial charge on any atom is -0.492 e. The summed E-state index contributed by atoms with van der Waals surface area (Å²) in [5.74, 6) is 0.268. The Morgan fingerprint density at radius 1 is 1.25 bits per heavy atom. The van der Waals surface area contributed by atoms with Crippen molar-refractivity contribution in [1.82, 2.24) is 16.1 Å². The quantitative estimate of drug-likeness (QED) is 0.318. The van der Waals surface area contributed by atoms with Gasteiger partial charge < -0.3 is 19.9 Å². The first-order valence-corrected chi connectivity index (χ1v) is 11.8. The Morgan fingerprint density at radius 2 is 2.06 bits per heavy atom. The lowest BCUT2D eigenvalue weighted by atomic mass is 10.0. The molecule has 0 spiro atoms. The number of hydrazone groups is 1. The van der Waals surface area contributed by atoms with Gasteiger partial charge in [0, 0.05) is 37.4 Å². The molecule has 0 fully saturated rings. The highest BCUT2D eigenvalue weighted by molar-refractivity contribution is 6.32. The Hall–Kier alpha value is -3.65. The minimum atomic E-state index is -0.857. The van der Waals surface area contributed by atoms with Crippen LogP contribution in [0.25, 0.3) is 0 Å². The Bertz CT molecular complexity index is 1150. The fourth-order valence-electron chi connectivity index (χ4n) is 3.44. The number of nitrogens with one attached hydrogen (secondary N) is 3. The Kier molecular flexibility index (Phi) is 10.1. The van der Waals surface area contributed by atoms with Crippen molar-refractivity contribution in [1.29, 1.82) is 5.26 Å². The number of hydrogen-bond donors (Lipinski definition) is 4. The molecule has 2 aromatic rings. The van der Waals surface area contributed by atoms with Crippen molar-refractivity contribution < 1.29 is 24.2 Å². The minimum absolute atomic E-state index is 0.160. The van der Waals surface area contributed by atoms with Gasteiger partial charge in [-0.3, -0.25) is 14.9 Å². The van der Waals surface area contributed by atoms with Crippen molar-refractivity contribution in [2.75, 3.05) is 19.8 Å². The predicted octanol–water partition coefficient (Wildman–Crippen LogP) is 2.09. The number of halogens is 1. The highest BCUT2D eigenvalue weighted by Crippen LogP contribution is 2.30. The smallest absolute Gasteiger partial charge is 0.257 e. The first kappa shape index (κ1) is 26.9. The molecule has 0 saturated heterocycles. The van der Waals surface area contributed by atoms with Crippen molar-refractivity contribution in [3.8, 4) is 17.6 Å². The molecule has 3 rings (SSSR count). The van der Waals surface area contributed by atoms with Crippen molar-refractivity contribution in [2.24, 2.45) is 5.10 Å². The number of aliphatic hydroxyl groups is 1. The van der Waals surface area contributed by atoms with E-state index in [1.807, 2.05) is 6.92 Å². The number of para-hydroxylation sites is 2. The highest BCUT2D eigenvalue weighted by atomic mass is 35.5. The number of aliphatic hydroxyl groups excluding tert-OH is 1. The SMILES string of the molecule is CC(CNC(=O)COc1c(Cl)cccc1C1=NNC(=O)CC1)NC(O)CCOc1ccccc1C#N. The monoisotopic (exact) mass is 513 g/mol. The number of amides is 2. The van der Waals surface area contributed by atoms with Gasteiger partial charge in [-0.1, -0.05) is 29.8 Å². The number of nitrogens with zero attached hydrogens (tertiary/aromatic N) is 2. The van der Waals surface area contributed by atoms with Crippen molar-refractivity contribution in [3.05, 3.63) is 58.6 Å². The molecule has 36 heavy (non-hydrogen) atoms. The third kappa shape index (κ3) is 7.95. The first-order valence-electron chi connectivity index (χ1n) is 11.5. The molecule has 1 aliphatic heterocycles. The molecule has 0 radical (unpaired) electrons. The molecule has 10 nitrogen and oxygen atoms in total. The Morgan fingerprint density at radius 3 is 2.81 bits per heavy atom. The fraction of sp³-hybridized carbons (Fsp3) is 0.360. The van der Waals surface area contributed by atoms with Gasteiger partial charge in [0.25, 0.3) is 5.91 Å². The summed E-state index contributed by atoms with van der Waals surface area (Å²) in [5, 5.41) is 29.4. The van der Waals surface area contributed by atoms with E-state index in [2.05, 4.69) is 27.2 Å². The zero-order valence-corrected chi connectivity index (χ0v) is 20.5. The molecule has 11 heteroatoms. The number of carbonyl (C=O) groups excluding carboxylic acids is 2. The number of carbonyl (C=O) groups is 2. The summed E-state index contributed by atoms with van der Waals surface area (Å²) in [6.45, 7) is 2.02. The third-order valence-corrected chi connectivity index (χ3v) is 5.57. The Labute approximate surface area is 214 Å². The van der Waals surface area contributed by atoms with E-state index >= 15 is 0 Å². The molecule has 0 aromatic heterocycles. The van der Waals surface area contributed by atoms with Gasteiger partial charge in [-0.25, -0.2) is 5.43 Å². The zero-order valence-electron chi connectivity index (χ0n) is 19.8. The standard InChI is InChI=1S/C25H28ClN5O5/c1-16(29-22(32)11-12-35-21-8-3-2-5-17(21)13-27)14-28-24(34)15-36-25-18(6-4-7-19(25)26)20-9-10-23(33)31-30-20/h2-8,16,22,29,32H,9-12,14-15H2,1H3,(H,28,34)(H,31,33). The number of benzene rings is 2. The number of hydrogen-bond acceptors (Lipinski definition) is 8. The van der Waals surface area contributed by atoms with E-state index in [1.54, 1.807) is 42.5 Å². The van der Waals surface area contributed by atoms with Crippen molar-refractivity contribution in [3.63, 3.8) is 0 Å². The number of nitriles is 1. The van der Waals surface area contributed by atoms with E-state index in [4.69, 9.17) is 26.3 Å². The lowest BCUT2D eigenvalue weighted by Gasteiger charge is -2.20. The fourth-order valence-corrected chi connectivity index (χ4v) is 3.67. The van der Waals surface area contributed by atoms with E-state index in [-0.39, 0.29) is 37.6 Å². The maximum absolute atomic E-state index is 12.3. The van der Waals surface area contributed by atoms with Crippen LogP contribution in [0.3, 0.4) is 0 Å². The molecule has 2 amide bonds. The van der Waals surface area contributed by atoms with Gasteiger partial charge in [-0.05, 0) is 31.2 Å². The second-order valence-electron chi connectivity index (χ2n) is 8.13. The summed E-state index contributed by atoms with van der Waals surface area (Å²) in [7, 11) is 0. The molecule has 1 aliphatic rings. The second-order valence-corrected chi connectivity index (χ2v) is 8.54. The van der Waals surface area contributed by atoms with Crippen LogP contribution in [0.2, 0.25) is 5.02 Å². The van der Waals surface area contributed by atoms with Gasteiger partial charge in [-0.15, -0.1) is 0 Å². The van der Waals surface area contributed by atoms with Gasteiger partial charge in [0.1, 0.15) is 23.8 Å². The Balaban J connectivity index is 1.40. The lowest BCUT2D eigenvalue weighted by Crippen LogP contribution is -2.45. The molecule has 4 N–H and O–H groups in total. The maximum Gasteiger partial charge on any atom is 0.257 e. The van der Waals surface area contributed by atoms with E-state index in [1.165, 1.54) is 0 Å². The maximum atomic E-state index is 12.3. The summed E-state index contributed by atoms with van der Waals surface area (Å²) in [6.07, 6.45) is 0.183. The van der Waals surface area contributed by atoms with Gasteiger partial charge in [0.2, 0.25) is 5.91 Å². The van der Waals surface area contributed by atoms with E-state index in [9.17, 15) is 14.7 Å². The average Bonchev–Trinajstić information content (AvgIpc) is 2.87. The predicted molar refractivity (Wildman–Crippen MR) is 134 cm³/mol. The van der Waals surface area contributed by atoms with Crippen LogP contribution in [0.15, 0.2) is 47.6 Å². The molecule has 2 atom stereocenters. The van der Waals surface area contributed by atoms with Crippen LogP contribution in [-0.2, 0) is 9.59 Å². The van der Waals surface area contributed by atoms with Crippen LogP contribution < -0.4 is 25.5 Å². The van der Waals surface area contributed by atoms with Crippen molar-refractivity contribution >= 4 is 29.1 Å². The summed E-state index contributed by atoms with van der Waals surface area (Å²) in [4.78, 5) is 23.7. The molecular formula is C25H28ClN5O5. The third-order valence-electron chi connectivity index (χ3n) is 5.27. The molecule has 0 aliphatic carbocycles. The van der Waals surface area contributed by atoms with E-state index in [0.717, 1.165) is 0 Å². The summed E-state index contributed by atoms with van der Waals surface area (Å²) >= 11 is 6.28. The summed E-state index contributed by atoms with van der Waals surface area (Å²) < 4.78 is 11.3. The van der Waals surface area contributed by atoms with Crippen LogP contribution in [0.4, 0.5) is 0 Å². The van der Waals surface area contributed by atoms with Gasteiger partial charge in [0.15, 0.2) is 6.61 Å². The average molecular weight is 514 g/mol. The van der Waals surface area contributed by atoms with E-state index < -0.39 is 6.23 Å². The molecule has 0 saturated carbocycles. The zero-order chi connectivity index (χ0) is 25.9. The molecule has 190 valence electrons. The molecule has 2 aromatic carbocycles. The first-order chi connectivity index (χ1) is 17.4. The van der Waals surface area contributed by atoms with Crippen LogP contribution in [-0.4, -0.2) is 54.7 Å². The van der Waals surface area contributed by atoms with Gasteiger partial charge in [0.05, 0.1) is 22.9 Å². The molecule has 1 heterocycles. The molecular weight excluding hydrogens is 486 g/mol. The van der Waals surface area contributed by atoms with E-state index in [0.29, 0.717) is 52.6 Å². The van der Waals surface area contributed by atoms with Crippen molar-refractivity contribution in [2.45, 2.75) is 38.5 Å². The van der Waals surface area contributed by atoms with Crippen LogP contribution >= 0.6 is 11.6 Å². The van der Waals surface area contributed by atoms with Crippen LogP contribution in [0.1, 0.15) is 37.3 Å². The lowest BCUT2D eigenvalue weighted by molar-refractivity contribution is -0.123. The van der Waals surface area contributed by atoms with Gasteiger partial charge >= 0.3 is 0 Å². The number of rotatable bonds is 12. The normalized spacial score (nSPS) is 14.6. The second kappa shape index (κ2) is 13.4. The molecule has 0 bridgehead atoms. The molecule has 2 unspecified atom stereocenters. The summed E-state index contributed by atoms with van der Waals surface area (Å²) in [6, 6.07) is 13.9. The largest absolute Gasteiger partial charge is 0.492 e. The topological polar surface area (TPSA) is 145 Å². The summed E-state index contributed by atoms with van der Waals surface area (Å²) in [5.41, 5.74) is 4.11. The number of ether oxygens (including phenoxy) is 2. The van der Waals surface area contributed by atoms with Crippen LogP contribution in [0, 0.1) is 11.3 Å².